The number of hydrogen-bond donors (Lipinski definition) is 3. The largest absolute Gasteiger partial charge is 0.396 e. The van der Waals surface area contributed by atoms with E-state index < -0.39 is 0 Å². The fourth-order valence-electron chi connectivity index (χ4n) is 2.46. The number of nitrogens with one attached hydrogen (secondary N) is 2. The second kappa shape index (κ2) is 6.02. The molecule has 0 bridgehead atoms. The molecule has 1 amide bonds. The molecule has 1 atom stereocenters. The SMILES string of the molecule is CC(NCC1(CO)CCCC1)C(=O)NC(C)(C)C. The van der Waals surface area contributed by atoms with E-state index in [2.05, 4.69) is 10.6 Å². The first kappa shape index (κ1) is 15.4. The van der Waals surface area contributed by atoms with E-state index in [0.717, 1.165) is 19.4 Å². The maximum Gasteiger partial charge on any atom is 0.237 e. The molecule has 1 unspecified atom stereocenters. The molecule has 4 heteroatoms. The minimum Gasteiger partial charge on any atom is -0.396 e. The number of carbonyl (C=O) groups excluding carboxylic acids is 1. The fraction of sp³-hybridized carbons (Fsp3) is 0.929. The first-order chi connectivity index (χ1) is 8.28. The summed E-state index contributed by atoms with van der Waals surface area (Å²) in [4.78, 5) is 11.9. The van der Waals surface area contributed by atoms with Crippen molar-refractivity contribution in [1.82, 2.24) is 10.6 Å². The zero-order chi connectivity index (χ0) is 13.8. The maximum absolute atomic E-state index is 11.9. The van der Waals surface area contributed by atoms with E-state index in [0.29, 0.717) is 0 Å². The van der Waals surface area contributed by atoms with Gasteiger partial charge in [-0.1, -0.05) is 12.8 Å². The van der Waals surface area contributed by atoms with Gasteiger partial charge in [0.05, 0.1) is 6.04 Å². The van der Waals surface area contributed by atoms with Gasteiger partial charge in [-0.3, -0.25) is 4.79 Å². The molecule has 0 radical (unpaired) electrons. The summed E-state index contributed by atoms with van der Waals surface area (Å²) >= 11 is 0. The molecular weight excluding hydrogens is 228 g/mol. The highest BCUT2D eigenvalue weighted by atomic mass is 16.3. The highest BCUT2D eigenvalue weighted by Gasteiger charge is 2.33. The molecule has 18 heavy (non-hydrogen) atoms. The number of amides is 1. The van der Waals surface area contributed by atoms with E-state index in [-0.39, 0.29) is 29.5 Å². The summed E-state index contributed by atoms with van der Waals surface area (Å²) < 4.78 is 0. The summed E-state index contributed by atoms with van der Waals surface area (Å²) in [5, 5.41) is 15.7. The lowest BCUT2D eigenvalue weighted by atomic mass is 9.87. The van der Waals surface area contributed by atoms with Crippen LogP contribution in [0.4, 0.5) is 0 Å². The predicted octanol–water partition coefficient (Wildman–Crippen LogP) is 1.43. The third-order valence-corrected chi connectivity index (χ3v) is 3.67. The Labute approximate surface area is 111 Å². The first-order valence-electron chi connectivity index (χ1n) is 6.94. The summed E-state index contributed by atoms with van der Waals surface area (Å²) in [6.45, 7) is 8.74. The van der Waals surface area contributed by atoms with Crippen molar-refractivity contribution >= 4 is 5.91 Å². The number of rotatable bonds is 5. The van der Waals surface area contributed by atoms with E-state index in [9.17, 15) is 9.90 Å². The number of hydrogen-bond acceptors (Lipinski definition) is 3. The van der Waals surface area contributed by atoms with Gasteiger partial charge in [0.15, 0.2) is 0 Å². The minimum absolute atomic E-state index is 0.00370. The summed E-state index contributed by atoms with van der Waals surface area (Å²) in [5.74, 6) is 0.0218. The number of aliphatic hydroxyl groups is 1. The Balaban J connectivity index is 2.40. The molecule has 1 rings (SSSR count). The van der Waals surface area contributed by atoms with Gasteiger partial charge in [0, 0.05) is 24.1 Å². The van der Waals surface area contributed by atoms with Crippen molar-refractivity contribution in [3.8, 4) is 0 Å². The Morgan fingerprint density at radius 1 is 1.33 bits per heavy atom. The first-order valence-corrected chi connectivity index (χ1v) is 6.94. The van der Waals surface area contributed by atoms with E-state index >= 15 is 0 Å². The average Bonchev–Trinajstić information content (AvgIpc) is 2.73. The molecule has 0 aromatic rings. The Kier molecular flexibility index (Phi) is 5.17. The van der Waals surface area contributed by atoms with Crippen LogP contribution in [0.5, 0.6) is 0 Å². The van der Waals surface area contributed by atoms with Crippen molar-refractivity contribution in [3.05, 3.63) is 0 Å². The van der Waals surface area contributed by atoms with Gasteiger partial charge in [-0.25, -0.2) is 0 Å². The molecular formula is C14H28N2O2. The summed E-state index contributed by atoms with van der Waals surface area (Å²) in [6, 6.07) is -0.215. The van der Waals surface area contributed by atoms with Crippen LogP contribution in [0, 0.1) is 5.41 Å². The zero-order valence-corrected chi connectivity index (χ0v) is 12.2. The van der Waals surface area contributed by atoms with Crippen LogP contribution in [0.25, 0.3) is 0 Å². The lowest BCUT2D eigenvalue weighted by Crippen LogP contribution is -2.51. The van der Waals surface area contributed by atoms with Crippen LogP contribution in [-0.2, 0) is 4.79 Å². The lowest BCUT2D eigenvalue weighted by molar-refractivity contribution is -0.124. The third kappa shape index (κ3) is 4.58. The fourth-order valence-corrected chi connectivity index (χ4v) is 2.46. The highest BCUT2D eigenvalue weighted by Crippen LogP contribution is 2.36. The second-order valence-corrected chi connectivity index (χ2v) is 6.71. The van der Waals surface area contributed by atoms with E-state index in [1.165, 1.54) is 12.8 Å². The zero-order valence-electron chi connectivity index (χ0n) is 12.2. The molecule has 0 spiro atoms. The van der Waals surface area contributed by atoms with Crippen molar-refractivity contribution in [3.63, 3.8) is 0 Å². The van der Waals surface area contributed by atoms with Crippen LogP contribution in [0.1, 0.15) is 53.4 Å². The molecule has 0 aromatic carbocycles. The Hall–Kier alpha value is -0.610. The molecule has 1 aliphatic rings. The Morgan fingerprint density at radius 2 is 1.89 bits per heavy atom. The highest BCUT2D eigenvalue weighted by molar-refractivity contribution is 5.81. The molecule has 1 aliphatic carbocycles. The van der Waals surface area contributed by atoms with Crippen molar-refractivity contribution < 1.29 is 9.90 Å². The van der Waals surface area contributed by atoms with Crippen LogP contribution in [-0.4, -0.2) is 35.7 Å². The quantitative estimate of drug-likeness (QED) is 0.697. The second-order valence-electron chi connectivity index (χ2n) is 6.71. The van der Waals surface area contributed by atoms with Gasteiger partial charge >= 0.3 is 0 Å². The van der Waals surface area contributed by atoms with E-state index in [1.807, 2.05) is 27.7 Å². The van der Waals surface area contributed by atoms with Crippen LogP contribution >= 0.6 is 0 Å². The van der Waals surface area contributed by atoms with Gasteiger partial charge in [0.25, 0.3) is 0 Å². The van der Waals surface area contributed by atoms with Gasteiger partial charge in [-0.15, -0.1) is 0 Å². The predicted molar refractivity (Wildman–Crippen MR) is 73.3 cm³/mol. The number of aliphatic hydroxyl groups excluding tert-OH is 1. The lowest BCUT2D eigenvalue weighted by Gasteiger charge is -2.29. The topological polar surface area (TPSA) is 61.4 Å². The number of carbonyl (C=O) groups is 1. The van der Waals surface area contributed by atoms with Gasteiger partial charge in [-0.2, -0.15) is 0 Å². The van der Waals surface area contributed by atoms with Gasteiger partial charge in [-0.05, 0) is 40.5 Å². The summed E-state index contributed by atoms with van der Waals surface area (Å²) in [5.41, 5.74) is -0.203. The third-order valence-electron chi connectivity index (χ3n) is 3.67. The molecule has 0 heterocycles. The van der Waals surface area contributed by atoms with Crippen molar-refractivity contribution in [2.24, 2.45) is 5.41 Å². The van der Waals surface area contributed by atoms with Crippen LogP contribution in [0.2, 0.25) is 0 Å². The van der Waals surface area contributed by atoms with Gasteiger partial charge < -0.3 is 15.7 Å². The summed E-state index contributed by atoms with van der Waals surface area (Å²) in [6.07, 6.45) is 4.49. The molecule has 0 aromatic heterocycles. The van der Waals surface area contributed by atoms with Crippen molar-refractivity contribution in [2.75, 3.05) is 13.2 Å². The van der Waals surface area contributed by atoms with Gasteiger partial charge in [0.2, 0.25) is 5.91 Å². The standard InChI is InChI=1S/C14H28N2O2/c1-11(12(18)16-13(2,3)4)15-9-14(10-17)7-5-6-8-14/h11,15,17H,5-10H2,1-4H3,(H,16,18). The van der Waals surface area contributed by atoms with Crippen LogP contribution in [0.3, 0.4) is 0 Å². The maximum atomic E-state index is 11.9. The normalized spacial score (nSPS) is 20.7. The van der Waals surface area contributed by atoms with E-state index in [1.54, 1.807) is 0 Å². The minimum atomic E-state index is -0.215. The van der Waals surface area contributed by atoms with Crippen LogP contribution < -0.4 is 10.6 Å². The Bertz CT molecular complexity index is 278. The molecule has 3 N–H and O–H groups in total. The van der Waals surface area contributed by atoms with Crippen LogP contribution in [0.15, 0.2) is 0 Å². The summed E-state index contributed by atoms with van der Waals surface area (Å²) in [7, 11) is 0. The van der Waals surface area contributed by atoms with Crippen molar-refractivity contribution in [2.45, 2.75) is 65.0 Å². The monoisotopic (exact) mass is 256 g/mol. The van der Waals surface area contributed by atoms with E-state index in [4.69, 9.17) is 0 Å². The molecule has 1 saturated carbocycles. The molecule has 0 aliphatic heterocycles. The molecule has 0 saturated heterocycles. The molecule has 106 valence electrons. The average molecular weight is 256 g/mol. The van der Waals surface area contributed by atoms with Crippen molar-refractivity contribution in [1.29, 1.82) is 0 Å². The molecule has 4 nitrogen and oxygen atoms in total. The smallest absolute Gasteiger partial charge is 0.237 e. The Morgan fingerprint density at radius 3 is 2.33 bits per heavy atom. The molecule has 1 fully saturated rings. The van der Waals surface area contributed by atoms with Gasteiger partial charge in [0.1, 0.15) is 0 Å².